The molecule has 0 unspecified atom stereocenters. The number of nitrogens with two attached hydrogens (primary N) is 1. The van der Waals surface area contributed by atoms with Crippen LogP contribution in [-0.2, 0) is 33.3 Å². The van der Waals surface area contributed by atoms with E-state index >= 15 is 0 Å². The molecule has 2 bridgehead atoms. The summed E-state index contributed by atoms with van der Waals surface area (Å²) >= 11 is 0. The van der Waals surface area contributed by atoms with Crippen LogP contribution in [0.15, 0.2) is 58.6 Å². The van der Waals surface area contributed by atoms with Crippen LogP contribution in [-0.4, -0.2) is 74.4 Å². The monoisotopic (exact) mass is 560 g/mol. The number of primary amides is 1. The lowest BCUT2D eigenvalue weighted by Gasteiger charge is -2.29. The smallest absolute Gasteiger partial charge is 0.405 e. The molecule has 0 saturated carbocycles. The van der Waals surface area contributed by atoms with Gasteiger partial charge in [0.25, 0.3) is 5.91 Å². The van der Waals surface area contributed by atoms with E-state index in [1.807, 2.05) is 6.92 Å². The molecule has 0 aromatic carbocycles. The maximum atomic E-state index is 13.3. The number of ether oxygens (including phenoxy) is 4. The van der Waals surface area contributed by atoms with E-state index in [9.17, 15) is 24.3 Å². The topological polar surface area (TPSA) is 163 Å². The third kappa shape index (κ3) is 8.23. The third-order valence-corrected chi connectivity index (χ3v) is 6.95. The number of hydrogen-bond acceptors (Lipinski definition) is 9. The zero-order valence-corrected chi connectivity index (χ0v) is 24.1. The van der Waals surface area contributed by atoms with Gasteiger partial charge in [-0.25, -0.2) is 4.79 Å². The minimum absolute atomic E-state index is 0.0801. The number of fused-ring (bicyclic) bond motifs is 2. The number of methoxy groups -OCH3 is 3. The molecule has 11 nitrogen and oxygen atoms in total. The number of carbonyl (C=O) groups is 4. The highest BCUT2D eigenvalue weighted by atomic mass is 16.6. The Morgan fingerprint density at radius 1 is 1.10 bits per heavy atom. The molecule has 220 valence electrons. The molecule has 0 aromatic rings. The van der Waals surface area contributed by atoms with E-state index in [-0.39, 0.29) is 34.9 Å². The summed E-state index contributed by atoms with van der Waals surface area (Å²) < 4.78 is 21.7. The largest absolute Gasteiger partial charge is 0.492 e. The number of nitrogens with one attached hydrogen (secondary N) is 1. The Kier molecular flexibility index (Phi) is 12.0. The Bertz CT molecular complexity index is 1150. The Balaban J connectivity index is 2.60. The molecule has 0 aromatic heterocycles. The molecule has 1 aliphatic heterocycles. The van der Waals surface area contributed by atoms with Crippen LogP contribution in [0.3, 0.4) is 0 Å². The maximum absolute atomic E-state index is 13.3. The van der Waals surface area contributed by atoms with Crippen molar-refractivity contribution >= 4 is 23.6 Å². The Morgan fingerprint density at radius 3 is 2.35 bits per heavy atom. The standard InChI is InChI=1S/C29H40N2O9/c1-15-11-19-25(34)20(14-21(32)27(19)39-7)31-28(35)16(2)9-8-10-22(37-5)26(40-29(30)36)18(4)13-17(3)24(33)23(12-15)38-6/h8-10,13-15,17,22-24,26,33H,11-12H2,1-7H3,(H2,30,36)(H,31,35)/b10-8+,16-9-,18-13-/t15-,17-,22-,23-,24+,26-/m1/s1. The van der Waals surface area contributed by atoms with Gasteiger partial charge in [0.05, 0.1) is 25.0 Å². The molecule has 1 heterocycles. The van der Waals surface area contributed by atoms with Crippen LogP contribution in [0.2, 0.25) is 0 Å². The number of Topliss-reactive ketones (excluding diaryl/α,β-unsaturated/α-hetero) is 1. The SMILES string of the molecule is COC1=C2C[C@@H](C)C[C@@H](OC)[C@@H](O)[C@H](C)/C=C(/C)[C@@H](OC(N)=O)[C@H](OC)/C=C/C=C(/C)C(=O)NC(=CC1=O)C2=O. The first-order chi connectivity index (χ1) is 18.8. The number of aliphatic hydroxyl groups is 1. The summed E-state index contributed by atoms with van der Waals surface area (Å²) in [6.45, 7) is 6.92. The summed E-state index contributed by atoms with van der Waals surface area (Å²) in [5, 5.41) is 13.7. The lowest BCUT2D eigenvalue weighted by molar-refractivity contribution is -0.120. The van der Waals surface area contributed by atoms with Crippen LogP contribution in [0.5, 0.6) is 0 Å². The summed E-state index contributed by atoms with van der Waals surface area (Å²) in [5.41, 5.74) is 6.12. The fourth-order valence-electron chi connectivity index (χ4n) is 4.78. The van der Waals surface area contributed by atoms with Crippen molar-refractivity contribution in [3.63, 3.8) is 0 Å². The van der Waals surface area contributed by atoms with Gasteiger partial charge in [0.15, 0.2) is 11.9 Å². The molecule has 0 spiro atoms. The Hall–Kier alpha value is -3.54. The van der Waals surface area contributed by atoms with Gasteiger partial charge in [-0.05, 0) is 38.2 Å². The second-order valence-electron chi connectivity index (χ2n) is 10.1. The van der Waals surface area contributed by atoms with E-state index in [1.165, 1.54) is 34.3 Å². The van der Waals surface area contributed by atoms with Crippen LogP contribution in [0.25, 0.3) is 0 Å². The number of amides is 2. The fraction of sp³-hybridized carbons (Fsp3) is 0.517. The molecule has 2 rings (SSSR count). The van der Waals surface area contributed by atoms with E-state index in [2.05, 4.69) is 5.32 Å². The van der Waals surface area contributed by atoms with Gasteiger partial charge in [-0.3, -0.25) is 14.4 Å². The first kappa shape index (κ1) is 32.7. The summed E-state index contributed by atoms with van der Waals surface area (Å²) in [4.78, 5) is 50.6. The van der Waals surface area contributed by atoms with Crippen molar-refractivity contribution in [3.05, 3.63) is 58.6 Å². The summed E-state index contributed by atoms with van der Waals surface area (Å²) in [6, 6.07) is 0. The Morgan fingerprint density at radius 2 is 1.77 bits per heavy atom. The number of carbonyl (C=O) groups excluding carboxylic acids is 4. The summed E-state index contributed by atoms with van der Waals surface area (Å²) in [7, 11) is 4.21. The molecule has 40 heavy (non-hydrogen) atoms. The van der Waals surface area contributed by atoms with Crippen molar-refractivity contribution in [1.29, 1.82) is 0 Å². The van der Waals surface area contributed by atoms with Gasteiger partial charge in [-0.15, -0.1) is 0 Å². The molecule has 2 amide bonds. The van der Waals surface area contributed by atoms with Crippen molar-refractivity contribution in [2.45, 2.75) is 65.0 Å². The summed E-state index contributed by atoms with van der Waals surface area (Å²) in [6.07, 6.45) is 3.61. The van der Waals surface area contributed by atoms with E-state index in [0.717, 1.165) is 6.08 Å². The van der Waals surface area contributed by atoms with Gasteiger partial charge in [-0.2, -0.15) is 0 Å². The molecule has 0 radical (unpaired) electrons. The van der Waals surface area contributed by atoms with Crippen LogP contribution in [0.4, 0.5) is 4.79 Å². The number of hydrogen-bond donors (Lipinski definition) is 3. The van der Waals surface area contributed by atoms with Crippen LogP contribution in [0.1, 0.15) is 40.5 Å². The van der Waals surface area contributed by atoms with Crippen molar-refractivity contribution in [1.82, 2.24) is 5.32 Å². The van der Waals surface area contributed by atoms with E-state index in [4.69, 9.17) is 24.7 Å². The van der Waals surface area contributed by atoms with Crippen molar-refractivity contribution < 1.29 is 43.2 Å². The van der Waals surface area contributed by atoms with Crippen molar-refractivity contribution in [2.24, 2.45) is 17.6 Å². The molecule has 0 saturated heterocycles. The van der Waals surface area contributed by atoms with Gasteiger partial charge in [-0.1, -0.05) is 38.2 Å². The second-order valence-corrected chi connectivity index (χ2v) is 10.1. The van der Waals surface area contributed by atoms with E-state index < -0.39 is 53.9 Å². The first-order valence-electron chi connectivity index (χ1n) is 13.0. The lowest BCUT2D eigenvalue weighted by atomic mass is 9.85. The predicted octanol–water partition coefficient (Wildman–Crippen LogP) is 2.41. The predicted molar refractivity (Wildman–Crippen MR) is 147 cm³/mol. The fourth-order valence-corrected chi connectivity index (χ4v) is 4.78. The highest BCUT2D eigenvalue weighted by Gasteiger charge is 2.34. The van der Waals surface area contributed by atoms with Crippen molar-refractivity contribution in [2.75, 3.05) is 21.3 Å². The minimum Gasteiger partial charge on any atom is -0.492 e. The molecule has 2 aliphatic rings. The minimum atomic E-state index is -1.00. The molecular formula is C29H40N2O9. The zero-order valence-electron chi connectivity index (χ0n) is 24.1. The average Bonchev–Trinajstić information content (AvgIpc) is 2.90. The van der Waals surface area contributed by atoms with Crippen LogP contribution >= 0.6 is 0 Å². The van der Waals surface area contributed by atoms with Crippen molar-refractivity contribution in [3.8, 4) is 0 Å². The zero-order chi connectivity index (χ0) is 30.1. The number of ketones is 2. The quantitative estimate of drug-likeness (QED) is 0.346. The van der Waals surface area contributed by atoms with Gasteiger partial charge in [0, 0.05) is 37.4 Å². The second kappa shape index (κ2) is 14.7. The molecule has 11 heteroatoms. The number of rotatable bonds is 4. The van der Waals surface area contributed by atoms with Crippen LogP contribution in [0, 0.1) is 11.8 Å². The van der Waals surface area contributed by atoms with E-state index in [0.29, 0.717) is 12.0 Å². The Labute approximate surface area is 234 Å². The highest BCUT2D eigenvalue weighted by molar-refractivity contribution is 6.23. The average molecular weight is 561 g/mol. The van der Waals surface area contributed by atoms with Crippen LogP contribution < -0.4 is 11.1 Å². The van der Waals surface area contributed by atoms with Gasteiger partial charge in [0.2, 0.25) is 11.6 Å². The maximum Gasteiger partial charge on any atom is 0.405 e. The van der Waals surface area contributed by atoms with Gasteiger partial charge in [0.1, 0.15) is 6.10 Å². The lowest BCUT2D eigenvalue weighted by Crippen LogP contribution is -2.37. The number of aliphatic hydroxyl groups excluding tert-OH is 1. The van der Waals surface area contributed by atoms with E-state index in [1.54, 1.807) is 32.1 Å². The molecular weight excluding hydrogens is 520 g/mol. The molecule has 1 aliphatic carbocycles. The van der Waals surface area contributed by atoms with Gasteiger partial charge >= 0.3 is 6.09 Å². The highest BCUT2D eigenvalue weighted by Crippen LogP contribution is 2.29. The van der Waals surface area contributed by atoms with Gasteiger partial charge < -0.3 is 35.1 Å². The number of allylic oxidation sites excluding steroid dienone is 4. The first-order valence-corrected chi connectivity index (χ1v) is 13.0. The molecule has 0 fully saturated rings. The summed E-state index contributed by atoms with van der Waals surface area (Å²) in [5.74, 6) is -2.39. The normalized spacial score (nSPS) is 32.7. The third-order valence-electron chi connectivity index (χ3n) is 6.95. The molecule has 4 N–H and O–H groups in total. The molecule has 6 atom stereocenters.